The average Bonchev–Trinajstić information content (AvgIpc) is 2.46. The summed E-state index contributed by atoms with van der Waals surface area (Å²) in [6, 6.07) is 0. The minimum Gasteiger partial charge on any atom is -0.480 e. The van der Waals surface area contributed by atoms with Crippen molar-refractivity contribution in [3.8, 4) is 0 Å². The van der Waals surface area contributed by atoms with Crippen LogP contribution in [0.5, 0.6) is 0 Å². The highest BCUT2D eigenvalue weighted by Crippen LogP contribution is 2.25. The van der Waals surface area contributed by atoms with Crippen LogP contribution in [0.3, 0.4) is 0 Å². The van der Waals surface area contributed by atoms with Crippen molar-refractivity contribution in [2.45, 2.75) is 38.2 Å². The lowest BCUT2D eigenvalue weighted by Gasteiger charge is -2.37. The maximum absolute atomic E-state index is 11.7. The Bertz CT molecular complexity index is 490. The van der Waals surface area contributed by atoms with E-state index in [0.29, 0.717) is 13.2 Å². The predicted molar refractivity (Wildman–Crippen MR) is 86.8 cm³/mol. The molecule has 2 aliphatic rings. The summed E-state index contributed by atoms with van der Waals surface area (Å²) >= 11 is 0. The quantitative estimate of drug-likeness (QED) is 0.725. The molecule has 0 spiro atoms. The van der Waals surface area contributed by atoms with Crippen LogP contribution in [-0.2, 0) is 19.6 Å². The summed E-state index contributed by atoms with van der Waals surface area (Å²) in [6.07, 6.45) is 7.27. The van der Waals surface area contributed by atoms with Crippen LogP contribution >= 0.6 is 0 Å². The molecule has 0 bridgehead atoms. The highest BCUT2D eigenvalue weighted by molar-refractivity contribution is 7.88. The van der Waals surface area contributed by atoms with Crippen LogP contribution in [0.2, 0.25) is 0 Å². The van der Waals surface area contributed by atoms with E-state index >= 15 is 0 Å². The van der Waals surface area contributed by atoms with E-state index in [9.17, 15) is 13.2 Å². The van der Waals surface area contributed by atoms with E-state index in [1.807, 2.05) is 0 Å². The van der Waals surface area contributed by atoms with Gasteiger partial charge in [0.1, 0.15) is 6.54 Å². The van der Waals surface area contributed by atoms with E-state index in [2.05, 4.69) is 4.90 Å². The zero-order valence-corrected chi connectivity index (χ0v) is 14.6. The number of nitrogens with zero attached hydrogens (tertiary/aromatic N) is 2. The number of carboxylic acid groups (broad SMARTS) is 1. The smallest absolute Gasteiger partial charge is 0.318 e. The molecule has 8 heteroatoms. The van der Waals surface area contributed by atoms with Gasteiger partial charge in [-0.2, -0.15) is 4.31 Å². The second kappa shape index (κ2) is 8.41. The van der Waals surface area contributed by atoms with Crippen molar-refractivity contribution in [1.29, 1.82) is 0 Å². The standard InChI is InChI=1S/C15H28N2O5S/c1-23(20,21)17(12-15(18)19)11-14-10-16(7-8-22-14)9-13-5-3-2-4-6-13/h13-14H,2-12H2,1H3,(H,18,19). The number of rotatable bonds is 7. The summed E-state index contributed by atoms with van der Waals surface area (Å²) in [5, 5.41) is 8.89. The number of morpholine rings is 1. The van der Waals surface area contributed by atoms with Crippen molar-refractivity contribution in [2.75, 3.05) is 45.6 Å². The van der Waals surface area contributed by atoms with E-state index in [0.717, 1.165) is 29.6 Å². The molecule has 1 unspecified atom stereocenters. The molecule has 0 radical (unpaired) electrons. The zero-order valence-electron chi connectivity index (χ0n) is 13.8. The number of aliphatic carboxylic acids is 1. The van der Waals surface area contributed by atoms with Gasteiger partial charge in [0.2, 0.25) is 10.0 Å². The second-order valence-electron chi connectivity index (χ2n) is 6.71. The van der Waals surface area contributed by atoms with Crippen molar-refractivity contribution < 1.29 is 23.1 Å². The largest absolute Gasteiger partial charge is 0.480 e. The molecule has 0 aromatic rings. The molecular formula is C15H28N2O5S. The van der Waals surface area contributed by atoms with Crippen LogP contribution in [0.25, 0.3) is 0 Å². The number of carboxylic acids is 1. The molecule has 2 fully saturated rings. The third kappa shape index (κ3) is 6.37. The topological polar surface area (TPSA) is 87.2 Å². The number of sulfonamides is 1. The van der Waals surface area contributed by atoms with E-state index < -0.39 is 22.5 Å². The molecule has 1 aliphatic heterocycles. The first-order valence-electron chi connectivity index (χ1n) is 8.35. The first-order chi connectivity index (χ1) is 10.8. The Balaban J connectivity index is 1.87. The molecule has 1 heterocycles. The molecule has 0 aromatic heterocycles. The highest BCUT2D eigenvalue weighted by atomic mass is 32.2. The molecule has 2 rings (SSSR count). The Morgan fingerprint density at radius 1 is 1.30 bits per heavy atom. The van der Waals surface area contributed by atoms with Crippen molar-refractivity contribution in [3.63, 3.8) is 0 Å². The lowest BCUT2D eigenvalue weighted by molar-refractivity contribution is -0.137. The fraction of sp³-hybridized carbons (Fsp3) is 0.933. The van der Waals surface area contributed by atoms with Gasteiger partial charge >= 0.3 is 5.97 Å². The summed E-state index contributed by atoms with van der Waals surface area (Å²) in [5.74, 6) is -0.419. The number of hydrogen-bond donors (Lipinski definition) is 1. The first kappa shape index (κ1) is 18.6. The summed E-state index contributed by atoms with van der Waals surface area (Å²) in [7, 11) is -3.55. The molecule has 1 saturated heterocycles. The van der Waals surface area contributed by atoms with Crippen molar-refractivity contribution in [3.05, 3.63) is 0 Å². The Morgan fingerprint density at radius 2 is 2.00 bits per heavy atom. The van der Waals surface area contributed by atoms with Gasteiger partial charge in [0.05, 0.1) is 19.0 Å². The van der Waals surface area contributed by atoms with E-state index in [1.165, 1.54) is 32.1 Å². The molecule has 0 amide bonds. The predicted octanol–water partition coefficient (Wildman–Crippen LogP) is 0.614. The molecule has 1 N–H and O–H groups in total. The molecule has 23 heavy (non-hydrogen) atoms. The summed E-state index contributed by atoms with van der Waals surface area (Å²) in [5.41, 5.74) is 0. The first-order valence-corrected chi connectivity index (χ1v) is 10.2. The molecule has 1 atom stereocenters. The fourth-order valence-corrected chi connectivity index (χ4v) is 4.27. The number of hydrogen-bond acceptors (Lipinski definition) is 5. The lowest BCUT2D eigenvalue weighted by Crippen LogP contribution is -2.50. The summed E-state index contributed by atoms with van der Waals surface area (Å²) in [6.45, 7) is 2.74. The minimum atomic E-state index is -3.55. The van der Waals surface area contributed by atoms with Gasteiger partial charge in [0.25, 0.3) is 0 Å². The SMILES string of the molecule is CS(=O)(=O)N(CC(=O)O)CC1CN(CC2CCCCC2)CCO1. The normalized spacial score (nSPS) is 24.9. The zero-order chi connectivity index (χ0) is 16.9. The van der Waals surface area contributed by atoms with Crippen LogP contribution in [-0.4, -0.2) is 80.4 Å². The number of carbonyl (C=O) groups is 1. The molecule has 1 saturated carbocycles. The van der Waals surface area contributed by atoms with E-state index in [4.69, 9.17) is 9.84 Å². The lowest BCUT2D eigenvalue weighted by atomic mass is 9.89. The van der Waals surface area contributed by atoms with Crippen molar-refractivity contribution in [1.82, 2.24) is 9.21 Å². The Kier molecular flexibility index (Phi) is 6.82. The molecule has 0 aromatic carbocycles. The molecule has 1 aliphatic carbocycles. The van der Waals surface area contributed by atoms with Crippen LogP contribution in [0.15, 0.2) is 0 Å². The maximum Gasteiger partial charge on any atom is 0.318 e. The Hall–Kier alpha value is -0.700. The van der Waals surface area contributed by atoms with Crippen LogP contribution in [0.1, 0.15) is 32.1 Å². The molecule has 7 nitrogen and oxygen atoms in total. The summed E-state index contributed by atoms with van der Waals surface area (Å²) < 4.78 is 30.1. The van der Waals surface area contributed by atoms with Gasteiger partial charge in [0, 0.05) is 26.2 Å². The van der Waals surface area contributed by atoms with E-state index in [1.54, 1.807) is 0 Å². The molecular weight excluding hydrogens is 320 g/mol. The van der Waals surface area contributed by atoms with Gasteiger partial charge in [0.15, 0.2) is 0 Å². The van der Waals surface area contributed by atoms with Gasteiger partial charge in [-0.15, -0.1) is 0 Å². The number of ether oxygens (including phenoxy) is 1. The van der Waals surface area contributed by atoms with Crippen LogP contribution in [0, 0.1) is 5.92 Å². The Morgan fingerprint density at radius 3 is 2.61 bits per heavy atom. The van der Waals surface area contributed by atoms with Crippen LogP contribution < -0.4 is 0 Å². The summed E-state index contributed by atoms with van der Waals surface area (Å²) in [4.78, 5) is 13.2. The average molecular weight is 348 g/mol. The van der Waals surface area contributed by atoms with Gasteiger partial charge in [-0.05, 0) is 18.8 Å². The van der Waals surface area contributed by atoms with Crippen molar-refractivity contribution in [2.24, 2.45) is 5.92 Å². The molecule has 134 valence electrons. The maximum atomic E-state index is 11.7. The second-order valence-corrected chi connectivity index (χ2v) is 8.69. The van der Waals surface area contributed by atoms with Gasteiger partial charge in [-0.25, -0.2) is 8.42 Å². The van der Waals surface area contributed by atoms with Crippen molar-refractivity contribution >= 4 is 16.0 Å². The van der Waals surface area contributed by atoms with Gasteiger partial charge in [-0.3, -0.25) is 9.69 Å². The third-order valence-electron chi connectivity index (χ3n) is 4.65. The van der Waals surface area contributed by atoms with Crippen LogP contribution in [0.4, 0.5) is 0 Å². The fourth-order valence-electron chi connectivity index (χ4n) is 3.49. The van der Waals surface area contributed by atoms with Gasteiger partial charge in [-0.1, -0.05) is 19.3 Å². The monoisotopic (exact) mass is 348 g/mol. The minimum absolute atomic E-state index is 0.103. The van der Waals surface area contributed by atoms with Gasteiger partial charge < -0.3 is 9.84 Å². The third-order valence-corrected chi connectivity index (χ3v) is 5.87. The Labute approximate surface area is 138 Å². The highest BCUT2D eigenvalue weighted by Gasteiger charge is 2.29. The van der Waals surface area contributed by atoms with E-state index in [-0.39, 0.29) is 12.6 Å².